The number of likely N-dealkylation sites (tertiary alicyclic amines) is 1. The van der Waals surface area contributed by atoms with E-state index in [1.54, 1.807) is 46.9 Å². The summed E-state index contributed by atoms with van der Waals surface area (Å²) in [6, 6.07) is 8.19. The number of anilines is 2. The number of hydrogen-bond acceptors (Lipinski definition) is 6. The number of nitrogens with zero attached hydrogens (tertiary/aromatic N) is 2. The predicted octanol–water partition coefficient (Wildman–Crippen LogP) is 5.10. The number of piperidine rings is 1. The molecule has 0 radical (unpaired) electrons. The van der Waals surface area contributed by atoms with Crippen molar-refractivity contribution in [3.63, 3.8) is 0 Å². The molecule has 0 saturated carbocycles. The lowest BCUT2D eigenvalue weighted by Crippen LogP contribution is -2.51. The SMILES string of the molecule is O=C(NCc1ccco1)[C@H]1CCCCN1C(=O)c1csc(Nc2ccc(Cl)c(Cl)c2)n1. The van der Waals surface area contributed by atoms with Crippen LogP contribution in [0, 0.1) is 0 Å². The van der Waals surface area contributed by atoms with Crippen LogP contribution in [0.1, 0.15) is 35.5 Å². The third kappa shape index (κ3) is 5.20. The quantitative estimate of drug-likeness (QED) is 0.514. The molecular weight excluding hydrogens is 459 g/mol. The zero-order valence-electron chi connectivity index (χ0n) is 16.4. The Morgan fingerprint density at radius 1 is 1.23 bits per heavy atom. The van der Waals surface area contributed by atoms with E-state index in [1.807, 2.05) is 0 Å². The van der Waals surface area contributed by atoms with E-state index < -0.39 is 6.04 Å². The summed E-state index contributed by atoms with van der Waals surface area (Å²) in [6.07, 6.45) is 3.92. The minimum absolute atomic E-state index is 0.186. The molecule has 0 spiro atoms. The molecule has 1 fully saturated rings. The zero-order valence-corrected chi connectivity index (χ0v) is 18.8. The average Bonchev–Trinajstić information content (AvgIpc) is 3.46. The Hall–Kier alpha value is -2.55. The molecule has 4 rings (SSSR count). The molecule has 1 atom stereocenters. The Kier molecular flexibility index (Phi) is 6.80. The van der Waals surface area contributed by atoms with Gasteiger partial charge in [-0.15, -0.1) is 11.3 Å². The summed E-state index contributed by atoms with van der Waals surface area (Å²) in [6.45, 7) is 0.809. The van der Waals surface area contributed by atoms with E-state index in [2.05, 4.69) is 15.6 Å². The summed E-state index contributed by atoms with van der Waals surface area (Å²) in [5.41, 5.74) is 1.02. The molecule has 0 bridgehead atoms. The lowest BCUT2D eigenvalue weighted by atomic mass is 10.0. The van der Waals surface area contributed by atoms with E-state index in [4.69, 9.17) is 27.6 Å². The molecule has 1 aromatic carbocycles. The van der Waals surface area contributed by atoms with Gasteiger partial charge in [0.05, 0.1) is 22.9 Å². The van der Waals surface area contributed by atoms with Gasteiger partial charge >= 0.3 is 0 Å². The Bertz CT molecular complexity index is 1070. The summed E-state index contributed by atoms with van der Waals surface area (Å²) in [7, 11) is 0. The number of carbonyl (C=O) groups excluding carboxylic acids is 2. The highest BCUT2D eigenvalue weighted by Gasteiger charge is 2.33. The van der Waals surface area contributed by atoms with Crippen molar-refractivity contribution in [1.29, 1.82) is 0 Å². The van der Waals surface area contributed by atoms with E-state index in [9.17, 15) is 9.59 Å². The van der Waals surface area contributed by atoms with Crippen molar-refractivity contribution in [2.45, 2.75) is 31.8 Å². The van der Waals surface area contributed by atoms with Crippen molar-refractivity contribution in [1.82, 2.24) is 15.2 Å². The second-order valence-electron chi connectivity index (χ2n) is 7.10. The first-order chi connectivity index (χ1) is 15.0. The van der Waals surface area contributed by atoms with E-state index in [0.29, 0.717) is 46.1 Å². The number of aromatic nitrogens is 1. The molecule has 1 aliphatic heterocycles. The van der Waals surface area contributed by atoms with Gasteiger partial charge in [0.2, 0.25) is 5.91 Å². The molecule has 3 heterocycles. The fourth-order valence-electron chi connectivity index (χ4n) is 3.43. The van der Waals surface area contributed by atoms with Crippen LogP contribution in [0.25, 0.3) is 0 Å². The second kappa shape index (κ2) is 9.72. The molecule has 31 heavy (non-hydrogen) atoms. The van der Waals surface area contributed by atoms with Gasteiger partial charge in [-0.1, -0.05) is 23.2 Å². The monoisotopic (exact) mass is 478 g/mol. The minimum atomic E-state index is -0.524. The summed E-state index contributed by atoms with van der Waals surface area (Å²) in [4.78, 5) is 31.9. The Morgan fingerprint density at radius 2 is 2.10 bits per heavy atom. The zero-order chi connectivity index (χ0) is 21.8. The van der Waals surface area contributed by atoms with Crippen LogP contribution >= 0.6 is 34.5 Å². The lowest BCUT2D eigenvalue weighted by molar-refractivity contribution is -0.126. The van der Waals surface area contributed by atoms with Gasteiger partial charge < -0.3 is 20.0 Å². The molecule has 1 saturated heterocycles. The van der Waals surface area contributed by atoms with Crippen molar-refractivity contribution >= 4 is 57.2 Å². The third-order valence-electron chi connectivity index (χ3n) is 4.98. The largest absolute Gasteiger partial charge is 0.467 e. The number of thiazole rings is 1. The highest BCUT2D eigenvalue weighted by molar-refractivity contribution is 7.14. The number of rotatable bonds is 6. The standard InChI is InChI=1S/C21H20Cl2N4O3S/c22-15-7-6-13(10-16(15)23)25-21-26-17(12-31-21)20(29)27-8-2-1-5-18(27)19(28)24-11-14-4-3-9-30-14/h3-4,6-7,9-10,12,18H,1-2,5,8,11H2,(H,24,28)(H,25,26)/t18-/m1/s1. The van der Waals surface area contributed by atoms with Gasteiger partial charge in [-0.25, -0.2) is 4.98 Å². The first-order valence-electron chi connectivity index (χ1n) is 9.80. The average molecular weight is 479 g/mol. The number of carbonyl (C=O) groups is 2. The van der Waals surface area contributed by atoms with Crippen molar-refractivity contribution < 1.29 is 14.0 Å². The van der Waals surface area contributed by atoms with Gasteiger partial charge in [0, 0.05) is 17.6 Å². The second-order valence-corrected chi connectivity index (χ2v) is 8.77. The van der Waals surface area contributed by atoms with Crippen molar-refractivity contribution in [2.75, 3.05) is 11.9 Å². The number of benzene rings is 1. The van der Waals surface area contributed by atoms with Crippen LogP contribution in [0.5, 0.6) is 0 Å². The van der Waals surface area contributed by atoms with Crippen molar-refractivity contribution in [3.05, 3.63) is 63.5 Å². The molecule has 2 amide bonds. The summed E-state index contributed by atoms with van der Waals surface area (Å²) < 4.78 is 5.25. The van der Waals surface area contributed by atoms with E-state index >= 15 is 0 Å². The molecule has 0 aliphatic carbocycles. The number of furan rings is 1. The Labute approximate surface area is 193 Å². The van der Waals surface area contributed by atoms with E-state index in [1.165, 1.54) is 11.3 Å². The van der Waals surface area contributed by atoms with Gasteiger partial charge in [-0.05, 0) is 49.6 Å². The molecule has 1 aliphatic rings. The maximum atomic E-state index is 13.1. The normalized spacial score (nSPS) is 16.2. The fourth-order valence-corrected chi connectivity index (χ4v) is 4.43. The Morgan fingerprint density at radius 3 is 2.87 bits per heavy atom. The van der Waals surface area contributed by atoms with Crippen molar-refractivity contribution in [3.8, 4) is 0 Å². The fraction of sp³-hybridized carbons (Fsp3) is 0.286. The van der Waals surface area contributed by atoms with Crippen LogP contribution in [0.15, 0.2) is 46.4 Å². The van der Waals surface area contributed by atoms with Crippen molar-refractivity contribution in [2.24, 2.45) is 0 Å². The lowest BCUT2D eigenvalue weighted by Gasteiger charge is -2.34. The van der Waals surface area contributed by atoms with Crippen LogP contribution in [-0.4, -0.2) is 34.3 Å². The van der Waals surface area contributed by atoms with E-state index in [0.717, 1.165) is 18.5 Å². The third-order valence-corrected chi connectivity index (χ3v) is 6.47. The predicted molar refractivity (Wildman–Crippen MR) is 121 cm³/mol. The number of nitrogens with one attached hydrogen (secondary N) is 2. The summed E-state index contributed by atoms with van der Waals surface area (Å²) >= 11 is 13.3. The molecule has 7 nitrogen and oxygen atoms in total. The smallest absolute Gasteiger partial charge is 0.274 e. The first-order valence-corrected chi connectivity index (χ1v) is 11.4. The summed E-state index contributed by atoms with van der Waals surface area (Å²) in [5.74, 6) is 0.227. The van der Waals surface area contributed by atoms with Crippen LogP contribution in [0.4, 0.5) is 10.8 Å². The van der Waals surface area contributed by atoms with Crippen LogP contribution in [0.2, 0.25) is 10.0 Å². The maximum absolute atomic E-state index is 13.1. The number of halogens is 2. The highest BCUT2D eigenvalue weighted by Crippen LogP contribution is 2.29. The van der Waals surface area contributed by atoms with Crippen LogP contribution in [-0.2, 0) is 11.3 Å². The molecule has 162 valence electrons. The van der Waals surface area contributed by atoms with Crippen LogP contribution in [0.3, 0.4) is 0 Å². The molecule has 10 heteroatoms. The summed E-state index contributed by atoms with van der Waals surface area (Å²) in [5, 5.41) is 9.11. The Balaban J connectivity index is 1.43. The molecule has 2 aromatic heterocycles. The first kappa shape index (κ1) is 21.7. The van der Waals surface area contributed by atoms with Gasteiger partial charge in [0.15, 0.2) is 5.13 Å². The topological polar surface area (TPSA) is 87.5 Å². The van der Waals surface area contributed by atoms with Gasteiger partial charge in [-0.2, -0.15) is 0 Å². The number of amides is 2. The molecule has 0 unspecified atom stereocenters. The molecule has 2 N–H and O–H groups in total. The molecule has 3 aromatic rings. The van der Waals surface area contributed by atoms with Gasteiger partial charge in [-0.3, -0.25) is 9.59 Å². The van der Waals surface area contributed by atoms with E-state index in [-0.39, 0.29) is 11.8 Å². The van der Waals surface area contributed by atoms with Gasteiger partial charge in [0.1, 0.15) is 17.5 Å². The minimum Gasteiger partial charge on any atom is -0.467 e. The number of hydrogen-bond donors (Lipinski definition) is 2. The highest BCUT2D eigenvalue weighted by atomic mass is 35.5. The van der Waals surface area contributed by atoms with Crippen LogP contribution < -0.4 is 10.6 Å². The van der Waals surface area contributed by atoms with Gasteiger partial charge in [0.25, 0.3) is 5.91 Å². The maximum Gasteiger partial charge on any atom is 0.274 e. The molecular formula is C21H20Cl2N4O3S.